The number of hydrogen-bond acceptors (Lipinski definition) is 5. The van der Waals surface area contributed by atoms with Gasteiger partial charge in [-0.25, -0.2) is 25.5 Å². The molecule has 26 heavy (non-hydrogen) atoms. The van der Waals surface area contributed by atoms with E-state index in [1.807, 2.05) is 0 Å². The lowest BCUT2D eigenvalue weighted by Gasteiger charge is -2.10. The summed E-state index contributed by atoms with van der Waals surface area (Å²) in [6, 6.07) is 10.1. The summed E-state index contributed by atoms with van der Waals surface area (Å²) >= 11 is 0. The first-order chi connectivity index (χ1) is 12.0. The van der Waals surface area contributed by atoms with E-state index in [0.29, 0.717) is 4.31 Å². The zero-order chi connectivity index (χ0) is 19.3. The average molecular weight is 395 g/mol. The van der Waals surface area contributed by atoms with E-state index >= 15 is 0 Å². The van der Waals surface area contributed by atoms with Crippen LogP contribution >= 0.6 is 0 Å². The summed E-state index contributed by atoms with van der Waals surface area (Å²) in [5.41, 5.74) is 0.348. The van der Waals surface area contributed by atoms with Gasteiger partial charge in [0.1, 0.15) is 10.7 Å². The Balaban J connectivity index is 2.28. The minimum absolute atomic E-state index is 0.0280. The van der Waals surface area contributed by atoms with Gasteiger partial charge < -0.3 is 0 Å². The number of rotatable bonds is 3. The van der Waals surface area contributed by atoms with Gasteiger partial charge >= 0.3 is 0 Å². The van der Waals surface area contributed by atoms with Crippen LogP contribution in [0.3, 0.4) is 0 Å². The van der Waals surface area contributed by atoms with Crippen molar-refractivity contribution in [2.24, 2.45) is 0 Å². The molecule has 0 fully saturated rings. The highest BCUT2D eigenvalue weighted by Crippen LogP contribution is 2.40. The number of amides is 1. The first kappa shape index (κ1) is 18.3. The van der Waals surface area contributed by atoms with Crippen LogP contribution in [0.4, 0.5) is 4.39 Å². The monoisotopic (exact) mass is 395 g/mol. The second-order valence-corrected chi connectivity index (χ2v) is 9.71. The van der Waals surface area contributed by atoms with Gasteiger partial charge in [-0.2, -0.15) is 0 Å². The average Bonchev–Trinajstić information content (AvgIpc) is 2.75. The highest BCUT2D eigenvalue weighted by molar-refractivity contribution is 8.00. The maximum atomic E-state index is 13.2. The van der Waals surface area contributed by atoms with E-state index in [-0.39, 0.29) is 26.5 Å². The molecule has 136 valence electrons. The number of nitrogens with zero attached hydrogens (tertiary/aromatic N) is 1. The van der Waals surface area contributed by atoms with Gasteiger partial charge in [0.15, 0.2) is 9.84 Å². The number of sulfonamides is 1. The van der Waals surface area contributed by atoms with Crippen LogP contribution in [0.25, 0.3) is 10.5 Å². The highest BCUT2D eigenvalue weighted by Gasteiger charge is 2.42. The lowest BCUT2D eigenvalue weighted by molar-refractivity contribution is -0.119. The quantitative estimate of drug-likeness (QED) is 0.792. The summed E-state index contributed by atoms with van der Waals surface area (Å²) < 4.78 is 62.4. The van der Waals surface area contributed by atoms with Crippen LogP contribution in [0.15, 0.2) is 53.4 Å². The number of halogens is 1. The normalized spacial score (nSPS) is 17.0. The Morgan fingerprint density at radius 3 is 1.92 bits per heavy atom. The first-order valence-corrected chi connectivity index (χ1v) is 10.7. The van der Waals surface area contributed by atoms with E-state index in [0.717, 1.165) is 25.4 Å². The van der Waals surface area contributed by atoms with Crippen molar-refractivity contribution in [1.82, 2.24) is 4.31 Å². The smallest absolute Gasteiger partial charge is 0.268 e. The first-order valence-electron chi connectivity index (χ1n) is 7.37. The predicted octanol–water partition coefficient (Wildman–Crippen LogP) is 1.90. The standard InChI is InChI=1S/C17H14FNO5S2/c1-19-17(20)15(11-3-7-13(18)8-4-11)16(26(19,23)24)12-5-9-14(10-6-12)25(2,21)22/h3-10H,1-2H3. The van der Waals surface area contributed by atoms with Gasteiger partial charge in [0.2, 0.25) is 0 Å². The third kappa shape index (κ3) is 2.93. The molecule has 0 aromatic heterocycles. The number of carbonyl (C=O) groups is 1. The van der Waals surface area contributed by atoms with Gasteiger partial charge in [0.25, 0.3) is 15.9 Å². The lowest BCUT2D eigenvalue weighted by atomic mass is 10.0. The molecule has 2 aromatic carbocycles. The molecule has 3 rings (SSSR count). The van der Waals surface area contributed by atoms with Crippen molar-refractivity contribution in [1.29, 1.82) is 0 Å². The molecular weight excluding hydrogens is 381 g/mol. The molecule has 2 aromatic rings. The van der Waals surface area contributed by atoms with Gasteiger partial charge in [-0.1, -0.05) is 24.3 Å². The number of likely N-dealkylation sites (N-methyl/N-ethyl adjacent to an activating group) is 1. The molecule has 0 atom stereocenters. The molecule has 0 saturated carbocycles. The molecule has 0 spiro atoms. The molecule has 0 bridgehead atoms. The summed E-state index contributed by atoms with van der Waals surface area (Å²) in [5, 5.41) is 0. The molecule has 1 heterocycles. The van der Waals surface area contributed by atoms with Crippen molar-refractivity contribution >= 4 is 36.2 Å². The maximum absolute atomic E-state index is 13.2. The predicted molar refractivity (Wildman–Crippen MR) is 94.5 cm³/mol. The van der Waals surface area contributed by atoms with Crippen LogP contribution in [0.1, 0.15) is 11.1 Å². The molecule has 0 aliphatic carbocycles. The Bertz CT molecular complexity index is 1130. The fraction of sp³-hybridized carbons (Fsp3) is 0.118. The zero-order valence-corrected chi connectivity index (χ0v) is 15.4. The summed E-state index contributed by atoms with van der Waals surface area (Å²) in [5.74, 6) is -1.26. The molecule has 1 amide bonds. The van der Waals surface area contributed by atoms with Crippen molar-refractivity contribution in [3.8, 4) is 0 Å². The molecule has 6 nitrogen and oxygen atoms in total. The van der Waals surface area contributed by atoms with Gasteiger partial charge in [0, 0.05) is 13.3 Å². The van der Waals surface area contributed by atoms with Crippen LogP contribution in [0.2, 0.25) is 0 Å². The van der Waals surface area contributed by atoms with E-state index in [1.165, 1.54) is 36.4 Å². The van der Waals surface area contributed by atoms with Crippen LogP contribution in [0, 0.1) is 5.82 Å². The van der Waals surface area contributed by atoms with Gasteiger partial charge in [-0.05, 0) is 35.4 Å². The Labute approximate surface area is 150 Å². The third-order valence-corrected chi connectivity index (χ3v) is 6.99. The molecule has 0 N–H and O–H groups in total. The molecule has 0 saturated heterocycles. The number of benzene rings is 2. The number of hydrogen-bond donors (Lipinski definition) is 0. The summed E-state index contributed by atoms with van der Waals surface area (Å²) in [6.45, 7) is 0. The van der Waals surface area contributed by atoms with Crippen molar-refractivity contribution in [3.05, 3.63) is 65.5 Å². The van der Waals surface area contributed by atoms with Crippen LogP contribution in [-0.4, -0.2) is 40.4 Å². The van der Waals surface area contributed by atoms with Crippen molar-refractivity contribution in [3.63, 3.8) is 0 Å². The van der Waals surface area contributed by atoms with E-state index in [1.54, 1.807) is 0 Å². The summed E-state index contributed by atoms with van der Waals surface area (Å²) in [7, 11) is -6.41. The highest BCUT2D eigenvalue weighted by atomic mass is 32.2. The molecule has 0 unspecified atom stereocenters. The van der Waals surface area contributed by atoms with Crippen LogP contribution in [0.5, 0.6) is 0 Å². The summed E-state index contributed by atoms with van der Waals surface area (Å²) in [6.07, 6.45) is 1.04. The van der Waals surface area contributed by atoms with E-state index in [2.05, 4.69) is 0 Å². The fourth-order valence-corrected chi connectivity index (χ4v) is 4.76. The van der Waals surface area contributed by atoms with Gasteiger partial charge in [-0.15, -0.1) is 0 Å². The topological polar surface area (TPSA) is 88.6 Å². The summed E-state index contributed by atoms with van der Waals surface area (Å²) in [4.78, 5) is 12.3. The van der Waals surface area contributed by atoms with E-state index < -0.39 is 31.6 Å². The Morgan fingerprint density at radius 2 is 1.42 bits per heavy atom. The fourth-order valence-electron chi connectivity index (χ4n) is 2.65. The lowest BCUT2D eigenvalue weighted by Crippen LogP contribution is -2.26. The Morgan fingerprint density at radius 1 is 0.923 bits per heavy atom. The Hall–Kier alpha value is -2.52. The van der Waals surface area contributed by atoms with Gasteiger partial charge in [-0.3, -0.25) is 4.79 Å². The minimum atomic E-state index is -4.10. The number of carbonyl (C=O) groups excluding carboxylic acids is 1. The SMILES string of the molecule is CN1C(=O)C(c2ccc(F)cc2)=C(c2ccc(S(C)(=O)=O)cc2)S1(=O)=O. The Kier molecular flexibility index (Phi) is 4.24. The number of sulfone groups is 1. The third-order valence-electron chi connectivity index (χ3n) is 4.02. The maximum Gasteiger partial charge on any atom is 0.269 e. The van der Waals surface area contributed by atoms with Crippen LogP contribution in [-0.2, 0) is 24.7 Å². The molecule has 1 aliphatic heterocycles. The zero-order valence-electron chi connectivity index (χ0n) is 13.8. The van der Waals surface area contributed by atoms with Gasteiger partial charge in [0.05, 0.1) is 10.5 Å². The molecule has 1 aliphatic rings. The molecular formula is C17H14FNO5S2. The van der Waals surface area contributed by atoms with Crippen molar-refractivity contribution in [2.45, 2.75) is 4.90 Å². The molecule has 9 heteroatoms. The van der Waals surface area contributed by atoms with Crippen LogP contribution < -0.4 is 0 Å². The van der Waals surface area contributed by atoms with E-state index in [4.69, 9.17) is 0 Å². The van der Waals surface area contributed by atoms with E-state index in [9.17, 15) is 26.0 Å². The van der Waals surface area contributed by atoms with Crippen molar-refractivity contribution in [2.75, 3.05) is 13.3 Å². The second kappa shape index (κ2) is 6.03. The largest absolute Gasteiger partial charge is 0.269 e. The molecule has 0 radical (unpaired) electrons. The van der Waals surface area contributed by atoms with Crippen molar-refractivity contribution < 1.29 is 26.0 Å². The second-order valence-electron chi connectivity index (χ2n) is 5.79. The minimum Gasteiger partial charge on any atom is -0.268 e.